The van der Waals surface area contributed by atoms with E-state index in [1.807, 2.05) is 42.5 Å². The number of benzene rings is 2. The standard InChI is InChI=1S/C17H19N3O2.C7H8S/c1-22-12-7-8-14(18)13(10-12)17(21)20-16(11-5-6-11)15-4-2-3-9-19-15;1-6-2-4-7(8)5-3-6/h2-4,7-11,16H,5-6,18H2,1H3,(H,20,21);2-5,8H,1H3. The highest BCUT2D eigenvalue weighted by Crippen LogP contribution is 2.40. The van der Waals surface area contributed by atoms with Crippen molar-refractivity contribution in [2.24, 2.45) is 5.92 Å². The molecule has 3 aromatic rings. The number of ether oxygens (including phenoxy) is 1. The molecular formula is C24H27N3O2S. The van der Waals surface area contributed by atoms with E-state index in [1.54, 1.807) is 31.5 Å². The Balaban J connectivity index is 0.000000269. The summed E-state index contributed by atoms with van der Waals surface area (Å²) < 4.78 is 5.16. The summed E-state index contributed by atoms with van der Waals surface area (Å²) in [7, 11) is 1.56. The van der Waals surface area contributed by atoms with Crippen molar-refractivity contribution in [3.05, 3.63) is 83.7 Å². The van der Waals surface area contributed by atoms with E-state index in [-0.39, 0.29) is 11.9 Å². The predicted octanol–water partition coefficient (Wildman–Crippen LogP) is 4.84. The van der Waals surface area contributed by atoms with Crippen molar-refractivity contribution in [2.45, 2.75) is 30.7 Å². The summed E-state index contributed by atoms with van der Waals surface area (Å²) in [5.74, 6) is 0.866. The number of anilines is 1. The van der Waals surface area contributed by atoms with Crippen LogP contribution in [0.5, 0.6) is 5.75 Å². The molecule has 0 bridgehead atoms. The molecule has 1 saturated carbocycles. The van der Waals surface area contributed by atoms with Crippen LogP contribution in [0, 0.1) is 12.8 Å². The van der Waals surface area contributed by atoms with Gasteiger partial charge in [0.15, 0.2) is 0 Å². The molecule has 1 amide bonds. The van der Waals surface area contributed by atoms with Gasteiger partial charge in [0.05, 0.1) is 24.4 Å². The molecule has 0 radical (unpaired) electrons. The zero-order chi connectivity index (χ0) is 21.5. The fourth-order valence-electron chi connectivity index (χ4n) is 3.05. The molecule has 0 spiro atoms. The third kappa shape index (κ3) is 6.00. The zero-order valence-electron chi connectivity index (χ0n) is 17.2. The van der Waals surface area contributed by atoms with E-state index in [0.29, 0.717) is 22.9 Å². The maximum absolute atomic E-state index is 12.6. The average Bonchev–Trinajstić information content (AvgIpc) is 3.60. The molecule has 1 aliphatic rings. The third-order valence-electron chi connectivity index (χ3n) is 4.93. The van der Waals surface area contributed by atoms with Crippen molar-refractivity contribution in [1.29, 1.82) is 0 Å². The zero-order valence-corrected chi connectivity index (χ0v) is 18.1. The van der Waals surface area contributed by atoms with Crippen LogP contribution in [-0.2, 0) is 0 Å². The van der Waals surface area contributed by atoms with Gasteiger partial charge >= 0.3 is 0 Å². The van der Waals surface area contributed by atoms with Crippen LogP contribution in [0.1, 0.15) is 40.5 Å². The maximum atomic E-state index is 12.6. The van der Waals surface area contributed by atoms with Gasteiger partial charge in [0.1, 0.15) is 5.75 Å². The summed E-state index contributed by atoms with van der Waals surface area (Å²) in [6, 6.07) is 18.8. The molecule has 1 aliphatic carbocycles. The number of thiol groups is 1. The molecule has 1 atom stereocenters. The number of nitrogens with one attached hydrogen (secondary N) is 1. The number of nitrogen functional groups attached to an aromatic ring is 1. The number of nitrogens with two attached hydrogens (primary N) is 1. The molecule has 1 fully saturated rings. The summed E-state index contributed by atoms with van der Waals surface area (Å²) in [6.07, 6.45) is 3.96. The van der Waals surface area contributed by atoms with Gasteiger partial charge in [0, 0.05) is 16.8 Å². The lowest BCUT2D eigenvalue weighted by Crippen LogP contribution is -2.31. The van der Waals surface area contributed by atoms with Crippen LogP contribution in [-0.4, -0.2) is 18.0 Å². The first kappa shape index (κ1) is 21.7. The van der Waals surface area contributed by atoms with Crippen molar-refractivity contribution in [3.8, 4) is 5.75 Å². The molecule has 5 nitrogen and oxygen atoms in total. The third-order valence-corrected chi connectivity index (χ3v) is 5.22. The maximum Gasteiger partial charge on any atom is 0.254 e. The summed E-state index contributed by atoms with van der Waals surface area (Å²) in [4.78, 5) is 18.0. The highest BCUT2D eigenvalue weighted by molar-refractivity contribution is 7.80. The van der Waals surface area contributed by atoms with Gasteiger partial charge in [-0.05, 0) is 68.1 Å². The molecule has 3 N–H and O–H groups in total. The highest BCUT2D eigenvalue weighted by atomic mass is 32.1. The van der Waals surface area contributed by atoms with Crippen LogP contribution in [0.4, 0.5) is 5.69 Å². The minimum atomic E-state index is -0.195. The molecule has 1 heterocycles. The van der Waals surface area contributed by atoms with Gasteiger partial charge in [0.25, 0.3) is 5.91 Å². The molecule has 2 aromatic carbocycles. The molecule has 1 aromatic heterocycles. The van der Waals surface area contributed by atoms with E-state index < -0.39 is 0 Å². The van der Waals surface area contributed by atoms with Crippen molar-refractivity contribution < 1.29 is 9.53 Å². The number of carbonyl (C=O) groups is 1. The van der Waals surface area contributed by atoms with Crippen molar-refractivity contribution >= 4 is 24.2 Å². The lowest BCUT2D eigenvalue weighted by Gasteiger charge is -2.18. The number of nitrogens with zero attached hydrogens (tertiary/aromatic N) is 1. The minimum Gasteiger partial charge on any atom is -0.497 e. The molecule has 0 saturated heterocycles. The lowest BCUT2D eigenvalue weighted by atomic mass is 10.1. The second kappa shape index (κ2) is 10.2. The van der Waals surface area contributed by atoms with E-state index >= 15 is 0 Å². The van der Waals surface area contributed by atoms with E-state index in [1.165, 1.54) is 5.56 Å². The number of methoxy groups -OCH3 is 1. The van der Waals surface area contributed by atoms with Crippen molar-refractivity contribution in [2.75, 3.05) is 12.8 Å². The fraction of sp³-hybridized carbons (Fsp3) is 0.250. The van der Waals surface area contributed by atoms with Gasteiger partial charge in [-0.2, -0.15) is 0 Å². The Labute approximate surface area is 183 Å². The van der Waals surface area contributed by atoms with Crippen molar-refractivity contribution in [3.63, 3.8) is 0 Å². The molecule has 6 heteroatoms. The largest absolute Gasteiger partial charge is 0.497 e. The Morgan fingerprint density at radius 2 is 1.90 bits per heavy atom. The van der Waals surface area contributed by atoms with Crippen LogP contribution in [0.25, 0.3) is 0 Å². The number of hydrogen-bond acceptors (Lipinski definition) is 5. The smallest absolute Gasteiger partial charge is 0.254 e. The van der Waals surface area contributed by atoms with E-state index in [2.05, 4.69) is 29.9 Å². The Kier molecular flexibility index (Phi) is 7.36. The number of aryl methyl sites for hydroxylation is 1. The van der Waals surface area contributed by atoms with Crippen molar-refractivity contribution in [1.82, 2.24) is 10.3 Å². The lowest BCUT2D eigenvalue weighted by molar-refractivity contribution is 0.0931. The summed E-state index contributed by atoms with van der Waals surface area (Å²) in [5.41, 5.74) is 8.96. The quantitative estimate of drug-likeness (QED) is 0.407. The molecule has 0 aliphatic heterocycles. The number of pyridine rings is 1. The first-order valence-electron chi connectivity index (χ1n) is 9.89. The van der Waals surface area contributed by atoms with Gasteiger partial charge in [-0.25, -0.2) is 0 Å². The summed E-state index contributed by atoms with van der Waals surface area (Å²) in [5, 5.41) is 3.07. The highest BCUT2D eigenvalue weighted by Gasteiger charge is 2.34. The first-order valence-corrected chi connectivity index (χ1v) is 10.3. The van der Waals surface area contributed by atoms with Gasteiger partial charge < -0.3 is 15.8 Å². The first-order chi connectivity index (χ1) is 14.5. The van der Waals surface area contributed by atoms with E-state index in [4.69, 9.17) is 10.5 Å². The second-order valence-corrected chi connectivity index (χ2v) is 7.85. The van der Waals surface area contributed by atoms with Crippen LogP contribution in [0.2, 0.25) is 0 Å². The van der Waals surface area contributed by atoms with Gasteiger partial charge in [0.2, 0.25) is 0 Å². The van der Waals surface area contributed by atoms with E-state index in [0.717, 1.165) is 23.4 Å². The number of aromatic nitrogens is 1. The topological polar surface area (TPSA) is 77.2 Å². The summed E-state index contributed by atoms with van der Waals surface area (Å²) in [6.45, 7) is 2.06. The summed E-state index contributed by atoms with van der Waals surface area (Å²) >= 11 is 4.13. The molecular weight excluding hydrogens is 394 g/mol. The van der Waals surface area contributed by atoms with Crippen LogP contribution < -0.4 is 15.8 Å². The number of rotatable bonds is 5. The van der Waals surface area contributed by atoms with Crippen LogP contribution in [0.15, 0.2) is 71.8 Å². The molecule has 1 unspecified atom stereocenters. The molecule has 4 rings (SSSR count). The average molecular weight is 422 g/mol. The van der Waals surface area contributed by atoms with Crippen LogP contribution >= 0.6 is 12.6 Å². The Bertz CT molecular complexity index is 953. The second-order valence-electron chi connectivity index (χ2n) is 7.33. The minimum absolute atomic E-state index is 0.0701. The number of hydrogen-bond donors (Lipinski definition) is 3. The van der Waals surface area contributed by atoms with Crippen LogP contribution in [0.3, 0.4) is 0 Å². The number of amides is 1. The normalized spacial score (nSPS) is 13.6. The Morgan fingerprint density at radius 3 is 2.47 bits per heavy atom. The monoisotopic (exact) mass is 421 g/mol. The Morgan fingerprint density at radius 1 is 1.17 bits per heavy atom. The fourth-order valence-corrected chi connectivity index (χ4v) is 3.19. The van der Waals surface area contributed by atoms with Gasteiger partial charge in [-0.1, -0.05) is 23.8 Å². The van der Waals surface area contributed by atoms with Gasteiger partial charge in [-0.3, -0.25) is 9.78 Å². The SMILES string of the molecule is COc1ccc(N)c(C(=O)NC(c2ccccn2)C2CC2)c1.Cc1ccc(S)cc1. The Hall–Kier alpha value is -2.99. The predicted molar refractivity (Wildman–Crippen MR) is 123 cm³/mol. The van der Waals surface area contributed by atoms with E-state index in [9.17, 15) is 4.79 Å². The molecule has 30 heavy (non-hydrogen) atoms. The molecule has 156 valence electrons. The number of carbonyl (C=O) groups excluding carboxylic acids is 1. The van der Waals surface area contributed by atoms with Gasteiger partial charge in [-0.15, -0.1) is 12.6 Å².